The molecule has 0 aliphatic carbocycles. The van der Waals surface area contributed by atoms with Crippen molar-refractivity contribution in [2.45, 2.75) is 0 Å². The molecule has 0 amide bonds. The van der Waals surface area contributed by atoms with Crippen molar-refractivity contribution in [2.75, 3.05) is 0 Å². The Morgan fingerprint density at radius 2 is 1.38 bits per heavy atom. The number of fused-ring (bicyclic) bond motifs is 2. The van der Waals surface area contributed by atoms with Gasteiger partial charge in [0.05, 0.1) is 0 Å². The number of hydrogen-bond donors (Lipinski definition) is 0. The molecule has 0 fully saturated rings. The van der Waals surface area contributed by atoms with Crippen LogP contribution in [-0.2, 0) is 0 Å². The summed E-state index contributed by atoms with van der Waals surface area (Å²) < 4.78 is 6.02. The Bertz CT molecular complexity index is 910. The molecule has 0 unspecified atom stereocenters. The monoisotopic (exact) mass is 269 g/mol. The largest absolute Gasteiger partial charge is 0.457 e. The Hall–Kier alpha value is -2.80. The third-order valence-corrected chi connectivity index (χ3v) is 3.62. The fraction of sp³-hybridized carbons (Fsp3) is 0. The molecule has 1 heteroatoms. The highest BCUT2D eigenvalue weighted by Crippen LogP contribution is 2.32. The molecule has 0 saturated heterocycles. The van der Waals surface area contributed by atoms with Gasteiger partial charge in [-0.2, -0.15) is 0 Å². The van der Waals surface area contributed by atoms with Crippen molar-refractivity contribution in [1.82, 2.24) is 0 Å². The Labute approximate surface area is 123 Å². The fourth-order valence-electron chi connectivity index (χ4n) is 2.59. The summed E-state index contributed by atoms with van der Waals surface area (Å²) in [7, 11) is 0. The maximum Gasteiger partial charge on any atom is 0.135 e. The second kappa shape index (κ2) is 4.95. The Morgan fingerprint density at radius 3 is 2.19 bits per heavy atom. The zero-order valence-corrected chi connectivity index (χ0v) is 11.4. The summed E-state index contributed by atoms with van der Waals surface area (Å²) in [6.45, 7) is 0. The van der Waals surface area contributed by atoms with Crippen LogP contribution in [0, 0.1) is 6.07 Å². The summed E-state index contributed by atoms with van der Waals surface area (Å²) in [5.41, 5.74) is 0. The maximum atomic E-state index is 6.02. The van der Waals surface area contributed by atoms with Crippen molar-refractivity contribution in [3.8, 4) is 11.5 Å². The summed E-state index contributed by atoms with van der Waals surface area (Å²) in [6.07, 6.45) is 0. The van der Waals surface area contributed by atoms with Gasteiger partial charge < -0.3 is 4.74 Å². The first-order valence-electron chi connectivity index (χ1n) is 6.96. The SMILES string of the molecule is [c]1ccc(Oc2cccc3cc4ccccc4cc23)cc1. The van der Waals surface area contributed by atoms with E-state index >= 15 is 0 Å². The zero-order valence-electron chi connectivity index (χ0n) is 11.4. The summed E-state index contributed by atoms with van der Waals surface area (Å²) in [5, 5.41) is 4.79. The summed E-state index contributed by atoms with van der Waals surface area (Å²) in [6, 6.07) is 29.5. The number of ether oxygens (including phenoxy) is 1. The van der Waals surface area contributed by atoms with E-state index in [1.165, 1.54) is 16.2 Å². The van der Waals surface area contributed by atoms with Crippen molar-refractivity contribution in [1.29, 1.82) is 0 Å². The van der Waals surface area contributed by atoms with Gasteiger partial charge in [0.2, 0.25) is 0 Å². The van der Waals surface area contributed by atoms with Crippen LogP contribution >= 0.6 is 0 Å². The van der Waals surface area contributed by atoms with Crippen molar-refractivity contribution < 1.29 is 4.74 Å². The van der Waals surface area contributed by atoms with Crippen molar-refractivity contribution in [3.05, 3.63) is 84.9 Å². The Balaban J connectivity index is 1.90. The lowest BCUT2D eigenvalue weighted by Gasteiger charge is -2.10. The van der Waals surface area contributed by atoms with E-state index in [1.807, 2.05) is 36.4 Å². The van der Waals surface area contributed by atoms with Crippen LogP contribution < -0.4 is 4.74 Å². The molecule has 4 rings (SSSR count). The van der Waals surface area contributed by atoms with Gasteiger partial charge in [-0.25, -0.2) is 0 Å². The molecule has 0 spiro atoms. The molecule has 21 heavy (non-hydrogen) atoms. The van der Waals surface area contributed by atoms with Crippen LogP contribution in [0.3, 0.4) is 0 Å². The molecule has 0 aliphatic heterocycles. The van der Waals surface area contributed by atoms with Crippen LogP contribution in [0.4, 0.5) is 0 Å². The minimum Gasteiger partial charge on any atom is -0.457 e. The van der Waals surface area contributed by atoms with E-state index in [1.54, 1.807) is 0 Å². The average Bonchev–Trinajstić information content (AvgIpc) is 2.54. The predicted molar refractivity (Wildman–Crippen MR) is 86.8 cm³/mol. The molecule has 1 radical (unpaired) electrons. The quantitative estimate of drug-likeness (QED) is 0.431. The van der Waals surface area contributed by atoms with Crippen LogP contribution in [0.25, 0.3) is 21.5 Å². The van der Waals surface area contributed by atoms with E-state index in [-0.39, 0.29) is 0 Å². The first-order valence-corrected chi connectivity index (χ1v) is 6.96. The Kier molecular flexibility index (Phi) is 2.82. The van der Waals surface area contributed by atoms with Crippen molar-refractivity contribution in [2.24, 2.45) is 0 Å². The molecular formula is C20H13O. The van der Waals surface area contributed by atoms with Gasteiger partial charge in [-0.15, -0.1) is 0 Å². The molecule has 0 bridgehead atoms. The van der Waals surface area contributed by atoms with E-state index in [2.05, 4.69) is 48.5 Å². The highest BCUT2D eigenvalue weighted by molar-refractivity contribution is 6.00. The molecule has 4 aromatic carbocycles. The van der Waals surface area contributed by atoms with Crippen molar-refractivity contribution in [3.63, 3.8) is 0 Å². The van der Waals surface area contributed by atoms with Gasteiger partial charge in [0.15, 0.2) is 0 Å². The normalized spacial score (nSPS) is 10.9. The van der Waals surface area contributed by atoms with Gasteiger partial charge in [-0.1, -0.05) is 48.5 Å². The number of hydrogen-bond acceptors (Lipinski definition) is 1. The third kappa shape index (κ3) is 2.23. The molecule has 0 aromatic heterocycles. The molecule has 0 heterocycles. The average molecular weight is 269 g/mol. The topological polar surface area (TPSA) is 9.23 Å². The molecule has 0 aliphatic rings. The molecule has 0 atom stereocenters. The predicted octanol–water partition coefficient (Wildman–Crippen LogP) is 5.59. The van der Waals surface area contributed by atoms with Crippen LogP contribution in [0.2, 0.25) is 0 Å². The second-order valence-corrected chi connectivity index (χ2v) is 5.01. The smallest absolute Gasteiger partial charge is 0.135 e. The van der Waals surface area contributed by atoms with E-state index < -0.39 is 0 Å². The van der Waals surface area contributed by atoms with E-state index in [9.17, 15) is 0 Å². The lowest BCUT2D eigenvalue weighted by Crippen LogP contribution is -1.86. The van der Waals surface area contributed by atoms with Gasteiger partial charge in [-0.3, -0.25) is 0 Å². The van der Waals surface area contributed by atoms with Gasteiger partial charge in [0.1, 0.15) is 11.5 Å². The lowest BCUT2D eigenvalue weighted by atomic mass is 10.0. The summed E-state index contributed by atoms with van der Waals surface area (Å²) >= 11 is 0. The second-order valence-electron chi connectivity index (χ2n) is 5.01. The van der Waals surface area contributed by atoms with Crippen LogP contribution in [0.5, 0.6) is 11.5 Å². The lowest BCUT2D eigenvalue weighted by molar-refractivity contribution is 0.488. The van der Waals surface area contributed by atoms with Gasteiger partial charge in [0.25, 0.3) is 0 Å². The number of benzene rings is 4. The highest BCUT2D eigenvalue weighted by Gasteiger charge is 2.05. The molecule has 4 aromatic rings. The maximum absolute atomic E-state index is 6.02. The van der Waals surface area contributed by atoms with Gasteiger partial charge >= 0.3 is 0 Å². The minimum atomic E-state index is 0.828. The summed E-state index contributed by atoms with van der Waals surface area (Å²) in [4.78, 5) is 0. The summed E-state index contributed by atoms with van der Waals surface area (Å²) in [5.74, 6) is 1.71. The highest BCUT2D eigenvalue weighted by atomic mass is 16.5. The third-order valence-electron chi connectivity index (χ3n) is 3.62. The standard InChI is InChI=1S/C20H13O/c1-2-10-18(11-3-1)21-20-12-6-9-17-13-15-7-4-5-8-16(15)14-19(17)20/h2-14H. The molecule has 1 nitrogen and oxygen atoms in total. The van der Waals surface area contributed by atoms with Gasteiger partial charge in [0, 0.05) is 5.39 Å². The Morgan fingerprint density at radius 1 is 0.667 bits per heavy atom. The minimum absolute atomic E-state index is 0.828. The van der Waals surface area contributed by atoms with E-state index in [0.29, 0.717) is 0 Å². The number of rotatable bonds is 2. The molecule has 0 saturated carbocycles. The molecule has 0 N–H and O–H groups in total. The van der Waals surface area contributed by atoms with Gasteiger partial charge in [-0.05, 0) is 52.6 Å². The fourth-order valence-corrected chi connectivity index (χ4v) is 2.59. The van der Waals surface area contributed by atoms with E-state index in [4.69, 9.17) is 4.74 Å². The van der Waals surface area contributed by atoms with Crippen LogP contribution in [0.1, 0.15) is 0 Å². The first-order chi connectivity index (χ1) is 10.4. The molecule has 99 valence electrons. The van der Waals surface area contributed by atoms with Crippen LogP contribution in [0.15, 0.2) is 78.9 Å². The molecular weight excluding hydrogens is 256 g/mol. The first kappa shape index (κ1) is 12.0. The van der Waals surface area contributed by atoms with E-state index in [0.717, 1.165) is 16.9 Å². The van der Waals surface area contributed by atoms with Crippen LogP contribution in [-0.4, -0.2) is 0 Å². The van der Waals surface area contributed by atoms with Crippen molar-refractivity contribution >= 4 is 21.5 Å². The zero-order chi connectivity index (χ0) is 14.1.